The molecule has 1 atom stereocenters. The summed E-state index contributed by atoms with van der Waals surface area (Å²) in [4.78, 5) is 20.8. The number of nitrogens with zero attached hydrogens (tertiary/aromatic N) is 4. The summed E-state index contributed by atoms with van der Waals surface area (Å²) >= 11 is 0. The Morgan fingerprint density at radius 1 is 1.23 bits per heavy atom. The van der Waals surface area contributed by atoms with E-state index in [4.69, 9.17) is 0 Å². The number of imidazole rings is 1. The van der Waals surface area contributed by atoms with E-state index in [0.717, 1.165) is 38.3 Å². The van der Waals surface area contributed by atoms with Gasteiger partial charge in [-0.2, -0.15) is 0 Å². The Hall–Kier alpha value is -1.40. The van der Waals surface area contributed by atoms with Crippen LogP contribution in [-0.2, 0) is 11.3 Å². The number of β-amino-alcohol motifs (C(OH)–C–C–N with tert-alkyl or cyclic N) is 1. The highest BCUT2D eigenvalue weighted by Crippen LogP contribution is 2.35. The van der Waals surface area contributed by atoms with E-state index in [1.54, 1.807) is 0 Å². The maximum atomic E-state index is 12.2. The molecule has 6 nitrogen and oxygen atoms in total. The van der Waals surface area contributed by atoms with Crippen molar-refractivity contribution >= 4 is 5.91 Å². The molecule has 2 aliphatic carbocycles. The maximum absolute atomic E-state index is 12.2. The lowest BCUT2D eigenvalue weighted by atomic mass is 10.3. The minimum atomic E-state index is -0.463. The predicted octanol–water partition coefficient (Wildman–Crippen LogP) is 0.633. The summed E-state index contributed by atoms with van der Waals surface area (Å²) in [5.41, 5.74) is 0. The summed E-state index contributed by atoms with van der Waals surface area (Å²) in [6, 6.07) is 0.627. The molecule has 3 aliphatic rings. The van der Waals surface area contributed by atoms with Gasteiger partial charge in [-0.25, -0.2) is 4.98 Å². The molecule has 1 unspecified atom stereocenters. The highest BCUT2D eigenvalue weighted by Gasteiger charge is 2.35. The Balaban J connectivity index is 1.40. The van der Waals surface area contributed by atoms with Gasteiger partial charge in [-0.15, -0.1) is 0 Å². The lowest BCUT2D eigenvalue weighted by Gasteiger charge is -2.21. The number of carbonyl (C=O) groups is 1. The van der Waals surface area contributed by atoms with Gasteiger partial charge in [-0.3, -0.25) is 9.69 Å². The van der Waals surface area contributed by atoms with E-state index >= 15 is 0 Å². The third-order valence-corrected chi connectivity index (χ3v) is 4.88. The predicted molar refractivity (Wildman–Crippen MR) is 81.1 cm³/mol. The molecule has 22 heavy (non-hydrogen) atoms. The third kappa shape index (κ3) is 3.03. The first-order valence-electron chi connectivity index (χ1n) is 8.41. The molecule has 2 heterocycles. The highest BCUT2D eigenvalue weighted by molar-refractivity contribution is 5.81. The molecule has 0 bridgehead atoms. The van der Waals surface area contributed by atoms with E-state index in [-0.39, 0.29) is 11.8 Å². The summed E-state index contributed by atoms with van der Waals surface area (Å²) < 4.78 is 2.27. The largest absolute Gasteiger partial charge is 0.390 e. The van der Waals surface area contributed by atoms with E-state index < -0.39 is 6.10 Å². The second-order valence-electron chi connectivity index (χ2n) is 6.93. The van der Waals surface area contributed by atoms with Gasteiger partial charge in [0.25, 0.3) is 0 Å². The molecule has 120 valence electrons. The molecule has 2 saturated carbocycles. The zero-order chi connectivity index (χ0) is 15.1. The van der Waals surface area contributed by atoms with Gasteiger partial charge in [-0.1, -0.05) is 0 Å². The molecule has 1 N–H and O–H groups in total. The molecule has 1 amide bonds. The second-order valence-corrected chi connectivity index (χ2v) is 6.93. The first-order chi connectivity index (χ1) is 10.7. The molecule has 1 saturated heterocycles. The van der Waals surface area contributed by atoms with E-state index in [9.17, 15) is 9.90 Å². The quantitative estimate of drug-likeness (QED) is 0.886. The van der Waals surface area contributed by atoms with Gasteiger partial charge in [0.1, 0.15) is 5.82 Å². The summed E-state index contributed by atoms with van der Waals surface area (Å²) in [5.74, 6) is 1.55. The van der Waals surface area contributed by atoms with Gasteiger partial charge in [0.15, 0.2) is 0 Å². The zero-order valence-electron chi connectivity index (χ0n) is 12.9. The number of rotatable bonds is 4. The van der Waals surface area contributed by atoms with Crippen LogP contribution in [0.25, 0.3) is 0 Å². The Labute approximate surface area is 130 Å². The minimum Gasteiger partial charge on any atom is -0.390 e. The fourth-order valence-corrected chi connectivity index (χ4v) is 3.34. The number of aromatic nitrogens is 2. The monoisotopic (exact) mass is 304 g/mol. The van der Waals surface area contributed by atoms with Crippen molar-refractivity contribution in [3.05, 3.63) is 18.2 Å². The van der Waals surface area contributed by atoms with Gasteiger partial charge in [-0.05, 0) is 25.7 Å². The summed E-state index contributed by atoms with van der Waals surface area (Å²) in [5, 5.41) is 10.2. The minimum absolute atomic E-state index is 0.229. The lowest BCUT2D eigenvalue weighted by Crippen LogP contribution is -2.38. The number of hydrogen-bond donors (Lipinski definition) is 1. The van der Waals surface area contributed by atoms with E-state index in [1.165, 1.54) is 12.8 Å². The van der Waals surface area contributed by atoms with Crippen LogP contribution in [0.15, 0.2) is 12.4 Å². The van der Waals surface area contributed by atoms with Crippen LogP contribution < -0.4 is 0 Å². The van der Waals surface area contributed by atoms with E-state index in [2.05, 4.69) is 20.6 Å². The third-order valence-electron chi connectivity index (χ3n) is 4.88. The van der Waals surface area contributed by atoms with E-state index in [0.29, 0.717) is 19.1 Å². The normalized spacial score (nSPS) is 27.0. The Morgan fingerprint density at radius 3 is 2.77 bits per heavy atom. The summed E-state index contributed by atoms with van der Waals surface area (Å²) in [7, 11) is 0. The summed E-state index contributed by atoms with van der Waals surface area (Å²) in [6.07, 6.45) is 8.00. The van der Waals surface area contributed by atoms with Crippen LogP contribution in [0.2, 0.25) is 0 Å². The molecule has 3 fully saturated rings. The molecule has 0 radical (unpaired) electrons. The van der Waals surface area contributed by atoms with Crippen molar-refractivity contribution in [1.29, 1.82) is 0 Å². The van der Waals surface area contributed by atoms with Crippen molar-refractivity contribution in [3.8, 4) is 0 Å². The molecule has 1 aliphatic heterocycles. The fourth-order valence-electron chi connectivity index (χ4n) is 3.34. The average Bonchev–Trinajstić information content (AvgIpc) is 3.39. The van der Waals surface area contributed by atoms with Crippen molar-refractivity contribution < 1.29 is 9.90 Å². The Bertz CT molecular complexity index is 550. The van der Waals surface area contributed by atoms with Crippen LogP contribution in [-0.4, -0.2) is 62.6 Å². The van der Waals surface area contributed by atoms with Gasteiger partial charge in [0.2, 0.25) is 5.91 Å². The number of aliphatic hydroxyl groups excluding tert-OH is 1. The molecule has 0 aromatic carbocycles. The first kappa shape index (κ1) is 14.2. The van der Waals surface area contributed by atoms with Crippen molar-refractivity contribution in [2.75, 3.05) is 26.2 Å². The molecule has 1 aromatic rings. The van der Waals surface area contributed by atoms with Crippen molar-refractivity contribution in [2.45, 2.75) is 44.4 Å². The Kier molecular flexibility index (Phi) is 3.66. The molecular weight excluding hydrogens is 280 g/mol. The topological polar surface area (TPSA) is 61.6 Å². The second kappa shape index (κ2) is 5.66. The van der Waals surface area contributed by atoms with Crippen LogP contribution in [0.3, 0.4) is 0 Å². The molecule has 6 heteroatoms. The van der Waals surface area contributed by atoms with Crippen LogP contribution >= 0.6 is 0 Å². The molecule has 4 rings (SSSR count). The van der Waals surface area contributed by atoms with Crippen molar-refractivity contribution in [2.24, 2.45) is 5.92 Å². The van der Waals surface area contributed by atoms with Gasteiger partial charge in [0.05, 0.1) is 12.6 Å². The molecule has 1 aromatic heterocycles. The molecular formula is C16H24N4O2. The maximum Gasteiger partial charge on any atom is 0.225 e. The van der Waals surface area contributed by atoms with Gasteiger partial charge >= 0.3 is 0 Å². The first-order valence-corrected chi connectivity index (χ1v) is 8.41. The SMILES string of the molecule is O=C(C1CC1)N1CCN(Cc2nccn2C2CC2)CC(O)C1. The van der Waals surface area contributed by atoms with Crippen LogP contribution in [0, 0.1) is 5.92 Å². The summed E-state index contributed by atoms with van der Waals surface area (Å²) in [6.45, 7) is 3.38. The Morgan fingerprint density at radius 2 is 2.05 bits per heavy atom. The number of carbonyl (C=O) groups excluding carboxylic acids is 1. The smallest absolute Gasteiger partial charge is 0.225 e. The lowest BCUT2D eigenvalue weighted by molar-refractivity contribution is -0.133. The van der Waals surface area contributed by atoms with Crippen molar-refractivity contribution in [3.63, 3.8) is 0 Å². The standard InChI is InChI=1S/C16H24N4O2/c21-14-9-18(7-8-19(10-14)16(22)12-1-2-12)11-15-17-5-6-20(15)13-3-4-13/h5-6,12-14,21H,1-4,7-11H2. The van der Waals surface area contributed by atoms with Gasteiger partial charge in [0, 0.05) is 50.5 Å². The zero-order valence-corrected chi connectivity index (χ0v) is 12.9. The van der Waals surface area contributed by atoms with Crippen molar-refractivity contribution in [1.82, 2.24) is 19.4 Å². The highest BCUT2D eigenvalue weighted by atomic mass is 16.3. The van der Waals surface area contributed by atoms with E-state index in [1.807, 2.05) is 11.1 Å². The number of hydrogen-bond acceptors (Lipinski definition) is 4. The van der Waals surface area contributed by atoms with Crippen LogP contribution in [0.5, 0.6) is 0 Å². The van der Waals surface area contributed by atoms with Crippen LogP contribution in [0.1, 0.15) is 37.5 Å². The fraction of sp³-hybridized carbons (Fsp3) is 0.750. The van der Waals surface area contributed by atoms with Gasteiger partial charge < -0.3 is 14.6 Å². The van der Waals surface area contributed by atoms with Crippen LogP contribution in [0.4, 0.5) is 0 Å². The number of amides is 1. The molecule has 0 spiro atoms. The average molecular weight is 304 g/mol. The number of aliphatic hydroxyl groups is 1.